The van der Waals surface area contributed by atoms with Crippen molar-refractivity contribution in [3.63, 3.8) is 0 Å². The van der Waals surface area contributed by atoms with Crippen molar-refractivity contribution in [1.29, 1.82) is 0 Å². The van der Waals surface area contributed by atoms with Crippen LogP contribution in [0.4, 0.5) is 4.39 Å². The quantitative estimate of drug-likeness (QED) is 0.944. The summed E-state index contributed by atoms with van der Waals surface area (Å²) in [6.45, 7) is 2.64. The van der Waals surface area contributed by atoms with Crippen molar-refractivity contribution >= 4 is 15.9 Å². The number of hydrogen-bond acceptors (Lipinski definition) is 2. The van der Waals surface area contributed by atoms with Crippen molar-refractivity contribution in [3.8, 4) is 11.3 Å². The first kappa shape index (κ1) is 13.2. The summed E-state index contributed by atoms with van der Waals surface area (Å²) in [4.78, 5) is 0. The highest BCUT2D eigenvalue weighted by atomic mass is 79.9. The van der Waals surface area contributed by atoms with Gasteiger partial charge in [-0.25, -0.2) is 4.39 Å². The van der Waals surface area contributed by atoms with Crippen LogP contribution in [0.2, 0.25) is 0 Å². The van der Waals surface area contributed by atoms with Crippen molar-refractivity contribution in [1.82, 2.24) is 15.1 Å². The van der Waals surface area contributed by atoms with Gasteiger partial charge in [0.1, 0.15) is 5.82 Å². The van der Waals surface area contributed by atoms with Crippen molar-refractivity contribution in [2.24, 2.45) is 7.05 Å². The Hall–Kier alpha value is -1.20. The molecular weight excluding hydrogens is 297 g/mol. The summed E-state index contributed by atoms with van der Waals surface area (Å²) in [5, 5.41) is 7.48. The Kier molecular flexibility index (Phi) is 3.82. The average Bonchev–Trinajstić information content (AvgIpc) is 2.59. The molecule has 0 aliphatic heterocycles. The summed E-state index contributed by atoms with van der Waals surface area (Å²) in [6, 6.07) is 4.94. The Morgan fingerprint density at radius 1 is 1.44 bits per heavy atom. The van der Waals surface area contributed by atoms with E-state index in [2.05, 4.69) is 26.3 Å². The minimum Gasteiger partial charge on any atom is -0.314 e. The first-order valence-corrected chi connectivity index (χ1v) is 6.46. The normalized spacial score (nSPS) is 10.9. The summed E-state index contributed by atoms with van der Waals surface area (Å²) < 4.78 is 16.5. The zero-order chi connectivity index (χ0) is 13.3. The van der Waals surface area contributed by atoms with Gasteiger partial charge in [0.2, 0.25) is 0 Å². The molecule has 0 saturated heterocycles. The summed E-state index contributed by atoms with van der Waals surface area (Å²) >= 11 is 3.37. The lowest BCUT2D eigenvalue weighted by molar-refractivity contribution is 0.627. The second kappa shape index (κ2) is 5.20. The number of rotatable bonds is 3. The van der Waals surface area contributed by atoms with Gasteiger partial charge in [0.25, 0.3) is 0 Å². The van der Waals surface area contributed by atoms with Crippen LogP contribution in [-0.2, 0) is 13.6 Å². The molecule has 0 aliphatic rings. The number of hydrogen-bond donors (Lipinski definition) is 1. The van der Waals surface area contributed by atoms with Gasteiger partial charge < -0.3 is 5.32 Å². The highest BCUT2D eigenvalue weighted by Crippen LogP contribution is 2.29. The average molecular weight is 312 g/mol. The summed E-state index contributed by atoms with van der Waals surface area (Å²) in [5.74, 6) is -0.236. The highest BCUT2D eigenvalue weighted by molar-refractivity contribution is 9.10. The van der Waals surface area contributed by atoms with E-state index >= 15 is 0 Å². The van der Waals surface area contributed by atoms with E-state index in [-0.39, 0.29) is 5.82 Å². The third kappa shape index (κ3) is 2.33. The van der Waals surface area contributed by atoms with Crippen molar-refractivity contribution < 1.29 is 4.39 Å². The van der Waals surface area contributed by atoms with Gasteiger partial charge in [0.15, 0.2) is 0 Å². The van der Waals surface area contributed by atoms with E-state index in [1.807, 2.05) is 21.0 Å². The number of aromatic nitrogens is 2. The first-order valence-electron chi connectivity index (χ1n) is 5.67. The summed E-state index contributed by atoms with van der Waals surface area (Å²) in [6.07, 6.45) is 0. The summed E-state index contributed by atoms with van der Waals surface area (Å²) in [7, 11) is 3.70. The second-order valence-corrected chi connectivity index (χ2v) is 5.11. The fourth-order valence-corrected chi connectivity index (χ4v) is 2.44. The maximum atomic E-state index is 13.9. The van der Waals surface area contributed by atoms with Crippen LogP contribution in [0.5, 0.6) is 0 Å². The van der Waals surface area contributed by atoms with Crippen molar-refractivity contribution in [3.05, 3.63) is 39.7 Å². The van der Waals surface area contributed by atoms with Gasteiger partial charge in [-0.05, 0) is 37.7 Å². The van der Waals surface area contributed by atoms with Crippen LogP contribution >= 0.6 is 15.9 Å². The fraction of sp³-hybridized carbons (Fsp3) is 0.308. The van der Waals surface area contributed by atoms with Gasteiger partial charge in [-0.2, -0.15) is 5.10 Å². The van der Waals surface area contributed by atoms with Gasteiger partial charge in [0, 0.05) is 23.6 Å². The first-order chi connectivity index (χ1) is 8.54. The lowest BCUT2D eigenvalue weighted by atomic mass is 10.1. The fourth-order valence-electron chi connectivity index (χ4n) is 2.08. The highest BCUT2D eigenvalue weighted by Gasteiger charge is 2.16. The maximum absolute atomic E-state index is 13.9. The van der Waals surface area contributed by atoms with Gasteiger partial charge in [0.05, 0.1) is 11.4 Å². The van der Waals surface area contributed by atoms with E-state index in [1.165, 1.54) is 6.07 Å². The van der Waals surface area contributed by atoms with Gasteiger partial charge in [-0.15, -0.1) is 0 Å². The Labute approximate surface area is 114 Å². The largest absolute Gasteiger partial charge is 0.314 e. The standard InChI is InChI=1S/C13H15BrFN3/c1-8-12(7-16-2)17-18(3)13(8)10-6-9(14)4-5-11(10)15/h4-6,16H,7H2,1-3H3. The number of nitrogens with one attached hydrogen (secondary N) is 1. The zero-order valence-electron chi connectivity index (χ0n) is 10.6. The molecule has 0 aliphatic carbocycles. The van der Waals surface area contributed by atoms with Gasteiger partial charge in [-0.1, -0.05) is 15.9 Å². The smallest absolute Gasteiger partial charge is 0.132 e. The molecule has 0 spiro atoms. The second-order valence-electron chi connectivity index (χ2n) is 4.20. The van der Waals surface area contributed by atoms with E-state index in [1.54, 1.807) is 16.8 Å². The molecule has 2 aromatic rings. The Balaban J connectivity index is 2.60. The molecule has 0 fully saturated rings. The Bertz CT molecular complexity index is 578. The SMILES string of the molecule is CNCc1nn(C)c(-c2cc(Br)ccc2F)c1C. The van der Waals surface area contributed by atoms with Crippen LogP contribution in [0.25, 0.3) is 11.3 Å². The molecule has 2 rings (SSSR count). The molecule has 1 aromatic heterocycles. The molecule has 0 amide bonds. The molecule has 1 aromatic carbocycles. The Morgan fingerprint density at radius 2 is 2.17 bits per heavy atom. The topological polar surface area (TPSA) is 29.9 Å². The predicted molar refractivity (Wildman–Crippen MR) is 73.8 cm³/mol. The van der Waals surface area contributed by atoms with Gasteiger partial charge in [-0.3, -0.25) is 4.68 Å². The van der Waals surface area contributed by atoms with Crippen LogP contribution < -0.4 is 5.32 Å². The molecule has 0 atom stereocenters. The monoisotopic (exact) mass is 311 g/mol. The number of halogens is 2. The third-order valence-corrected chi connectivity index (χ3v) is 3.40. The van der Waals surface area contributed by atoms with Gasteiger partial charge >= 0.3 is 0 Å². The van der Waals surface area contributed by atoms with E-state index in [9.17, 15) is 4.39 Å². The van der Waals surface area contributed by atoms with Crippen molar-refractivity contribution in [2.75, 3.05) is 7.05 Å². The number of nitrogens with zero attached hydrogens (tertiary/aromatic N) is 2. The van der Waals surface area contributed by atoms with Crippen LogP contribution in [0.15, 0.2) is 22.7 Å². The molecule has 0 unspecified atom stereocenters. The van der Waals surface area contributed by atoms with Crippen LogP contribution in [0.3, 0.4) is 0 Å². The Morgan fingerprint density at radius 3 is 2.83 bits per heavy atom. The molecule has 0 saturated carbocycles. The van der Waals surface area contributed by atoms with E-state index in [4.69, 9.17) is 0 Å². The zero-order valence-corrected chi connectivity index (χ0v) is 12.2. The predicted octanol–water partition coefficient (Wildman–Crippen LogP) is 3.02. The molecule has 1 heterocycles. The van der Waals surface area contributed by atoms with E-state index in [0.717, 1.165) is 21.4 Å². The van der Waals surface area contributed by atoms with E-state index in [0.29, 0.717) is 12.1 Å². The molecule has 0 bridgehead atoms. The molecule has 96 valence electrons. The van der Waals surface area contributed by atoms with Crippen LogP contribution in [0, 0.1) is 12.7 Å². The number of benzene rings is 1. The van der Waals surface area contributed by atoms with Crippen LogP contribution in [-0.4, -0.2) is 16.8 Å². The third-order valence-electron chi connectivity index (χ3n) is 2.91. The molecule has 5 heteroatoms. The van der Waals surface area contributed by atoms with E-state index < -0.39 is 0 Å². The minimum atomic E-state index is -0.236. The molecular formula is C13H15BrFN3. The van der Waals surface area contributed by atoms with Crippen LogP contribution in [0.1, 0.15) is 11.3 Å². The lowest BCUT2D eigenvalue weighted by Gasteiger charge is -2.06. The lowest BCUT2D eigenvalue weighted by Crippen LogP contribution is -2.06. The number of aryl methyl sites for hydroxylation is 1. The molecule has 1 N–H and O–H groups in total. The molecule has 0 radical (unpaired) electrons. The maximum Gasteiger partial charge on any atom is 0.132 e. The minimum absolute atomic E-state index is 0.236. The van der Waals surface area contributed by atoms with Crippen molar-refractivity contribution in [2.45, 2.75) is 13.5 Å². The molecule has 3 nitrogen and oxygen atoms in total. The summed E-state index contributed by atoms with van der Waals surface area (Å²) in [5.41, 5.74) is 3.33. The molecule has 18 heavy (non-hydrogen) atoms.